The summed E-state index contributed by atoms with van der Waals surface area (Å²) in [4.78, 5) is 0. The second-order valence-corrected chi connectivity index (χ2v) is 14.4. The minimum absolute atomic E-state index is 0.0723. The van der Waals surface area contributed by atoms with E-state index in [9.17, 15) is 0 Å². The highest BCUT2D eigenvalue weighted by atomic mass is 32.5. The molecule has 0 aromatic rings. The monoisotopic (exact) mass is 462 g/mol. The summed E-state index contributed by atoms with van der Waals surface area (Å²) in [6.07, 6.45) is -1.09. The van der Waals surface area contributed by atoms with Crippen LogP contribution in [0.1, 0.15) is 27.7 Å². The molecule has 3 aliphatic rings. The Bertz CT molecular complexity index is 549. The van der Waals surface area contributed by atoms with Crippen LogP contribution in [0, 0.1) is 10.8 Å². The predicted molar refractivity (Wildman–Crippen MR) is 106 cm³/mol. The van der Waals surface area contributed by atoms with Gasteiger partial charge in [-0.3, -0.25) is 4.52 Å². The molecule has 0 aliphatic carbocycles. The van der Waals surface area contributed by atoms with Crippen LogP contribution in [0.4, 0.5) is 0 Å². The molecule has 3 saturated heterocycles. The first-order valence-corrected chi connectivity index (χ1v) is 13.9. The summed E-state index contributed by atoms with van der Waals surface area (Å²) < 4.78 is 45.8. The Morgan fingerprint density at radius 2 is 1.22 bits per heavy atom. The summed E-state index contributed by atoms with van der Waals surface area (Å²) in [5.74, 6) is 0. The highest BCUT2D eigenvalue weighted by Gasteiger charge is 2.39. The third-order valence-electron chi connectivity index (χ3n) is 4.00. The van der Waals surface area contributed by atoms with Gasteiger partial charge in [0.25, 0.3) is 0 Å². The van der Waals surface area contributed by atoms with Crippen LogP contribution in [0.2, 0.25) is 0 Å². The van der Waals surface area contributed by atoms with Crippen molar-refractivity contribution in [3.63, 3.8) is 0 Å². The van der Waals surface area contributed by atoms with Crippen LogP contribution < -0.4 is 0 Å². The number of rotatable bonds is 4. The molecule has 12 heteroatoms. The summed E-state index contributed by atoms with van der Waals surface area (Å²) >= 11 is 10.8. The van der Waals surface area contributed by atoms with Gasteiger partial charge in [-0.1, -0.05) is 27.7 Å². The second kappa shape index (κ2) is 8.61. The molecule has 27 heavy (non-hydrogen) atoms. The van der Waals surface area contributed by atoms with Gasteiger partial charge in [-0.2, -0.15) is 0 Å². The van der Waals surface area contributed by atoms with E-state index in [1.54, 1.807) is 0 Å². The van der Waals surface area contributed by atoms with Gasteiger partial charge >= 0.3 is 13.4 Å². The van der Waals surface area contributed by atoms with Crippen molar-refractivity contribution >= 4 is 37.1 Å². The lowest BCUT2D eigenvalue weighted by Gasteiger charge is -2.37. The molecule has 158 valence electrons. The first kappa shape index (κ1) is 22.7. The van der Waals surface area contributed by atoms with E-state index >= 15 is 0 Å². The maximum Gasteiger partial charge on any atom is 0.329 e. The molecule has 3 aliphatic heterocycles. The van der Waals surface area contributed by atoms with E-state index < -0.39 is 25.8 Å². The highest BCUT2D eigenvalue weighted by molar-refractivity contribution is 8.07. The first-order chi connectivity index (χ1) is 12.5. The summed E-state index contributed by atoms with van der Waals surface area (Å²) in [7, 11) is 0. The van der Waals surface area contributed by atoms with Gasteiger partial charge in [-0.25, -0.2) is 0 Å². The van der Waals surface area contributed by atoms with Gasteiger partial charge in [-0.05, 0) is 23.6 Å². The maximum atomic E-state index is 5.88. The Hall–Kier alpha value is 0.980. The van der Waals surface area contributed by atoms with Crippen molar-refractivity contribution in [1.82, 2.24) is 0 Å². The largest absolute Gasteiger partial charge is 0.373 e. The van der Waals surface area contributed by atoms with Crippen LogP contribution >= 0.6 is 13.4 Å². The number of ether oxygens (including phenoxy) is 2. The fraction of sp³-hybridized carbons (Fsp3) is 1.00. The van der Waals surface area contributed by atoms with Gasteiger partial charge in [0.15, 0.2) is 6.29 Å². The minimum Gasteiger partial charge on any atom is -0.373 e. The molecule has 0 aromatic carbocycles. The quantitative estimate of drug-likeness (QED) is 0.581. The van der Waals surface area contributed by atoms with Gasteiger partial charge < -0.3 is 32.1 Å². The zero-order valence-electron chi connectivity index (χ0n) is 16.1. The van der Waals surface area contributed by atoms with E-state index in [0.717, 1.165) is 0 Å². The van der Waals surface area contributed by atoms with Crippen LogP contribution in [0.5, 0.6) is 0 Å². The molecule has 0 unspecified atom stereocenters. The molecule has 8 nitrogen and oxygen atoms in total. The van der Waals surface area contributed by atoms with Crippen LogP contribution in [-0.2, 0) is 60.2 Å². The smallest absolute Gasteiger partial charge is 0.329 e. The van der Waals surface area contributed by atoms with Gasteiger partial charge in [0.05, 0.1) is 46.2 Å². The van der Waals surface area contributed by atoms with Gasteiger partial charge in [0.1, 0.15) is 6.10 Å². The van der Waals surface area contributed by atoms with Crippen molar-refractivity contribution in [3.05, 3.63) is 0 Å². The molecule has 0 spiro atoms. The molecule has 0 amide bonds. The molecule has 0 N–H and O–H groups in total. The summed E-state index contributed by atoms with van der Waals surface area (Å²) in [5, 5.41) is 0. The second-order valence-electron chi connectivity index (χ2n) is 8.45. The molecule has 0 radical (unpaired) electrons. The van der Waals surface area contributed by atoms with Crippen molar-refractivity contribution in [2.45, 2.75) is 40.1 Å². The minimum atomic E-state index is -2.84. The third kappa shape index (κ3) is 6.74. The third-order valence-corrected chi connectivity index (χ3v) is 8.62. The summed E-state index contributed by atoms with van der Waals surface area (Å²) in [6, 6.07) is 0. The number of hydrogen-bond acceptors (Lipinski definition) is 10. The molecule has 3 fully saturated rings. The molecule has 2 atom stereocenters. The highest BCUT2D eigenvalue weighted by Crippen LogP contribution is 2.57. The molecular formula is C15H28O8P2S2. The Kier molecular flexibility index (Phi) is 7.23. The maximum absolute atomic E-state index is 5.88. The van der Waals surface area contributed by atoms with Crippen molar-refractivity contribution in [2.75, 3.05) is 46.2 Å². The first-order valence-electron chi connectivity index (χ1n) is 8.83. The summed E-state index contributed by atoms with van der Waals surface area (Å²) in [6.45, 7) is 5.24. The van der Waals surface area contributed by atoms with Crippen LogP contribution in [0.25, 0.3) is 0 Å². The topological polar surface area (TPSA) is 73.8 Å². The molecule has 0 saturated carbocycles. The van der Waals surface area contributed by atoms with Crippen LogP contribution in [-0.4, -0.2) is 58.6 Å². The average Bonchev–Trinajstić information content (AvgIpc) is 2.79. The van der Waals surface area contributed by atoms with E-state index in [0.29, 0.717) is 33.0 Å². The SMILES string of the molecule is CC1(C)COP(=S)(O[C@H]2COC[C@@H](OP3(=S)OCC(C)(C)CO3)OC2)OC1. The Labute approximate surface area is 170 Å². The fourth-order valence-corrected chi connectivity index (χ4v) is 6.95. The normalized spacial score (nSPS) is 35.3. The lowest BCUT2D eigenvalue weighted by atomic mass is 9.97. The van der Waals surface area contributed by atoms with Crippen molar-refractivity contribution in [1.29, 1.82) is 0 Å². The molecule has 3 rings (SSSR count). The van der Waals surface area contributed by atoms with Crippen LogP contribution in [0.3, 0.4) is 0 Å². The van der Waals surface area contributed by atoms with E-state index in [-0.39, 0.29) is 24.0 Å². The van der Waals surface area contributed by atoms with Gasteiger partial charge in [0, 0.05) is 10.8 Å². The van der Waals surface area contributed by atoms with Crippen molar-refractivity contribution < 1.29 is 36.6 Å². The lowest BCUT2D eigenvalue weighted by molar-refractivity contribution is -0.119. The Morgan fingerprint density at radius 3 is 1.74 bits per heavy atom. The fourth-order valence-electron chi connectivity index (χ4n) is 2.35. The molecule has 0 aromatic heterocycles. The molecule has 3 heterocycles. The molecule has 0 bridgehead atoms. The Balaban J connectivity index is 1.48. The van der Waals surface area contributed by atoms with Crippen molar-refractivity contribution in [3.8, 4) is 0 Å². The van der Waals surface area contributed by atoms with Crippen LogP contribution in [0.15, 0.2) is 0 Å². The Morgan fingerprint density at radius 1 is 0.741 bits per heavy atom. The molecular weight excluding hydrogens is 434 g/mol. The van der Waals surface area contributed by atoms with Gasteiger partial charge in [0.2, 0.25) is 0 Å². The van der Waals surface area contributed by atoms with E-state index in [1.165, 1.54) is 0 Å². The number of hydrogen-bond donors (Lipinski definition) is 0. The van der Waals surface area contributed by atoms with E-state index in [2.05, 4.69) is 13.8 Å². The average molecular weight is 462 g/mol. The standard InChI is InChI=1S/C15H28O8P2S2/c1-14(2)8-18-24(26,19-9-14)22-12-5-16-7-13(17-6-12)23-25(27)20-10-15(3,4)11-21-25/h12-13H,5-11H2,1-4H3/t12-,13+/m0/s1. The predicted octanol–water partition coefficient (Wildman–Crippen LogP) is 3.36. The summed E-state index contributed by atoms with van der Waals surface area (Å²) in [5.41, 5.74) is -0.154. The van der Waals surface area contributed by atoms with Crippen molar-refractivity contribution in [2.24, 2.45) is 10.8 Å². The van der Waals surface area contributed by atoms with E-state index in [4.69, 9.17) is 60.2 Å². The zero-order valence-corrected chi connectivity index (χ0v) is 19.5. The van der Waals surface area contributed by atoms with Gasteiger partial charge in [-0.15, -0.1) is 0 Å². The lowest BCUT2D eigenvalue weighted by Crippen LogP contribution is -2.32. The zero-order chi connectivity index (χ0) is 19.8. The van der Waals surface area contributed by atoms with E-state index in [1.807, 2.05) is 13.8 Å².